The number of rotatable bonds is 3. The van der Waals surface area contributed by atoms with Crippen LogP contribution in [0.4, 0.5) is 0 Å². The molecule has 1 atom stereocenters. The number of ketones is 1. The molecule has 118 valence electrons. The second-order valence-electron chi connectivity index (χ2n) is 6.34. The van der Waals surface area contributed by atoms with Gasteiger partial charge in [-0.15, -0.1) is 11.6 Å². The summed E-state index contributed by atoms with van der Waals surface area (Å²) in [4.78, 5) is 12.0. The van der Waals surface area contributed by atoms with Gasteiger partial charge in [-0.05, 0) is 74.3 Å². The van der Waals surface area contributed by atoms with Crippen LogP contribution in [0.25, 0.3) is 6.08 Å². The Labute approximate surface area is 137 Å². The summed E-state index contributed by atoms with van der Waals surface area (Å²) < 4.78 is 6.03. The number of benzene rings is 1. The fourth-order valence-electron chi connectivity index (χ4n) is 3.29. The van der Waals surface area contributed by atoms with E-state index >= 15 is 0 Å². The van der Waals surface area contributed by atoms with E-state index in [9.17, 15) is 4.79 Å². The van der Waals surface area contributed by atoms with Crippen LogP contribution in [0, 0.1) is 0 Å². The van der Waals surface area contributed by atoms with Crippen molar-refractivity contribution in [2.75, 3.05) is 0 Å². The summed E-state index contributed by atoms with van der Waals surface area (Å²) in [6.07, 6.45) is 11.2. The first-order chi connectivity index (χ1) is 10.7. The highest BCUT2D eigenvalue weighted by molar-refractivity contribution is 6.34. The van der Waals surface area contributed by atoms with Crippen LogP contribution in [0.3, 0.4) is 0 Å². The molecule has 0 amide bonds. The molecule has 0 N–H and O–H groups in total. The van der Waals surface area contributed by atoms with E-state index in [1.165, 1.54) is 19.3 Å². The predicted molar refractivity (Wildman–Crippen MR) is 90.4 cm³/mol. The second-order valence-corrected chi connectivity index (χ2v) is 6.87. The number of carbonyl (C=O) groups is 1. The number of hydrogen-bond acceptors (Lipinski definition) is 2. The van der Waals surface area contributed by atoms with Crippen molar-refractivity contribution < 1.29 is 9.53 Å². The molecule has 0 radical (unpaired) electrons. The number of alkyl halides is 1. The van der Waals surface area contributed by atoms with Gasteiger partial charge in [-0.3, -0.25) is 4.79 Å². The molecular weight excluding hydrogens is 296 g/mol. The van der Waals surface area contributed by atoms with Gasteiger partial charge in [0.2, 0.25) is 0 Å². The van der Waals surface area contributed by atoms with Crippen LogP contribution in [-0.4, -0.2) is 17.3 Å². The minimum Gasteiger partial charge on any atom is -0.490 e. The number of carbonyl (C=O) groups excluding carboxylic acids is 1. The molecule has 1 unspecified atom stereocenters. The number of allylic oxidation sites excluding steroid dienone is 1. The molecule has 2 nitrogen and oxygen atoms in total. The highest BCUT2D eigenvalue weighted by Crippen LogP contribution is 2.27. The Kier molecular flexibility index (Phi) is 5.20. The first-order valence-electron chi connectivity index (χ1n) is 8.38. The van der Waals surface area contributed by atoms with E-state index in [0.29, 0.717) is 6.10 Å². The molecule has 0 aromatic heterocycles. The number of Topliss-reactive ketones (excluding diaryl/α,β-unsaturated/α-hetero) is 1. The van der Waals surface area contributed by atoms with Crippen LogP contribution >= 0.6 is 11.6 Å². The summed E-state index contributed by atoms with van der Waals surface area (Å²) in [6, 6.07) is 8.06. The normalized spacial score (nSPS) is 25.4. The van der Waals surface area contributed by atoms with E-state index in [2.05, 4.69) is 0 Å². The van der Waals surface area contributed by atoms with Crippen molar-refractivity contribution in [2.24, 2.45) is 0 Å². The van der Waals surface area contributed by atoms with E-state index in [0.717, 1.165) is 49.0 Å². The Hall–Kier alpha value is -1.28. The molecule has 2 fully saturated rings. The fourth-order valence-corrected chi connectivity index (χ4v) is 3.58. The van der Waals surface area contributed by atoms with Crippen LogP contribution in [0.5, 0.6) is 5.75 Å². The quantitative estimate of drug-likeness (QED) is 0.569. The van der Waals surface area contributed by atoms with Gasteiger partial charge in [0.25, 0.3) is 0 Å². The summed E-state index contributed by atoms with van der Waals surface area (Å²) in [5.41, 5.74) is 1.90. The number of ether oxygens (including phenoxy) is 1. The van der Waals surface area contributed by atoms with Crippen molar-refractivity contribution >= 4 is 23.5 Å². The van der Waals surface area contributed by atoms with Crippen LogP contribution < -0.4 is 4.74 Å². The third kappa shape index (κ3) is 3.92. The highest BCUT2D eigenvalue weighted by Gasteiger charge is 2.24. The molecule has 0 aliphatic heterocycles. The molecule has 3 heteroatoms. The molecule has 0 heterocycles. The number of halogens is 1. The second kappa shape index (κ2) is 7.32. The van der Waals surface area contributed by atoms with Gasteiger partial charge < -0.3 is 4.74 Å². The molecule has 1 aromatic rings. The lowest BCUT2D eigenvalue weighted by molar-refractivity contribution is -0.116. The van der Waals surface area contributed by atoms with Crippen molar-refractivity contribution in [3.8, 4) is 5.75 Å². The van der Waals surface area contributed by atoms with Gasteiger partial charge >= 0.3 is 0 Å². The SMILES string of the molecule is O=C1C(=Cc2ccc(OC3CCCCC3)cc2)CCCC1Cl. The maximum atomic E-state index is 12.0. The molecule has 22 heavy (non-hydrogen) atoms. The Morgan fingerprint density at radius 3 is 2.45 bits per heavy atom. The van der Waals surface area contributed by atoms with E-state index in [1.807, 2.05) is 30.3 Å². The minimum atomic E-state index is -0.339. The van der Waals surface area contributed by atoms with Crippen molar-refractivity contribution in [1.29, 1.82) is 0 Å². The first-order valence-corrected chi connectivity index (χ1v) is 8.81. The average Bonchev–Trinajstić information content (AvgIpc) is 2.55. The van der Waals surface area contributed by atoms with Crippen molar-refractivity contribution in [3.63, 3.8) is 0 Å². The lowest BCUT2D eigenvalue weighted by atomic mass is 9.91. The van der Waals surface area contributed by atoms with Crippen molar-refractivity contribution in [1.82, 2.24) is 0 Å². The third-order valence-electron chi connectivity index (χ3n) is 4.58. The molecule has 2 aliphatic carbocycles. The van der Waals surface area contributed by atoms with Crippen molar-refractivity contribution in [3.05, 3.63) is 35.4 Å². The van der Waals surface area contributed by atoms with E-state index in [-0.39, 0.29) is 11.2 Å². The Morgan fingerprint density at radius 1 is 1.00 bits per heavy atom. The lowest BCUT2D eigenvalue weighted by Gasteiger charge is -2.23. The summed E-state index contributed by atoms with van der Waals surface area (Å²) >= 11 is 6.05. The molecule has 2 aliphatic rings. The maximum absolute atomic E-state index is 12.0. The molecule has 0 saturated heterocycles. The Bertz CT molecular complexity index is 541. The van der Waals surface area contributed by atoms with Gasteiger partial charge in [-0.25, -0.2) is 0 Å². The molecule has 0 spiro atoms. The summed E-state index contributed by atoms with van der Waals surface area (Å²) in [7, 11) is 0. The third-order valence-corrected chi connectivity index (χ3v) is 5.00. The standard InChI is InChI=1S/C19H23ClO2/c20-18-8-4-5-15(19(18)21)13-14-9-11-17(12-10-14)22-16-6-2-1-3-7-16/h9-13,16,18H,1-8H2. The van der Waals surface area contributed by atoms with Crippen LogP contribution in [0.1, 0.15) is 56.9 Å². The van der Waals surface area contributed by atoms with Crippen LogP contribution in [0.15, 0.2) is 29.8 Å². The van der Waals surface area contributed by atoms with E-state index < -0.39 is 0 Å². The molecule has 3 rings (SSSR count). The van der Waals surface area contributed by atoms with Gasteiger partial charge in [0.15, 0.2) is 5.78 Å². The largest absolute Gasteiger partial charge is 0.490 e. The molecule has 0 bridgehead atoms. The summed E-state index contributed by atoms with van der Waals surface area (Å²) in [5, 5.41) is -0.339. The fraction of sp³-hybridized carbons (Fsp3) is 0.526. The highest BCUT2D eigenvalue weighted by atomic mass is 35.5. The predicted octanol–water partition coefficient (Wildman–Crippen LogP) is 5.14. The van der Waals surface area contributed by atoms with Gasteiger partial charge in [-0.1, -0.05) is 18.6 Å². The molecular formula is C19H23ClO2. The molecule has 2 saturated carbocycles. The summed E-state index contributed by atoms with van der Waals surface area (Å²) in [6.45, 7) is 0. The van der Waals surface area contributed by atoms with Crippen LogP contribution in [-0.2, 0) is 4.79 Å². The average molecular weight is 319 g/mol. The minimum absolute atomic E-state index is 0.0930. The zero-order valence-corrected chi connectivity index (χ0v) is 13.6. The van der Waals surface area contributed by atoms with E-state index in [1.54, 1.807) is 0 Å². The zero-order chi connectivity index (χ0) is 15.4. The number of hydrogen-bond donors (Lipinski definition) is 0. The van der Waals surface area contributed by atoms with Gasteiger partial charge in [0, 0.05) is 0 Å². The zero-order valence-electron chi connectivity index (χ0n) is 12.9. The Balaban J connectivity index is 1.64. The first kappa shape index (κ1) is 15.6. The van der Waals surface area contributed by atoms with Gasteiger partial charge in [0.1, 0.15) is 5.75 Å². The maximum Gasteiger partial charge on any atom is 0.176 e. The lowest BCUT2D eigenvalue weighted by Crippen LogP contribution is -2.21. The monoisotopic (exact) mass is 318 g/mol. The van der Waals surface area contributed by atoms with Crippen LogP contribution in [0.2, 0.25) is 0 Å². The van der Waals surface area contributed by atoms with Crippen molar-refractivity contribution in [2.45, 2.75) is 62.8 Å². The summed E-state index contributed by atoms with van der Waals surface area (Å²) in [5.74, 6) is 1.02. The van der Waals surface area contributed by atoms with E-state index in [4.69, 9.17) is 16.3 Å². The van der Waals surface area contributed by atoms with Gasteiger partial charge in [0.05, 0.1) is 11.5 Å². The topological polar surface area (TPSA) is 26.3 Å². The van der Waals surface area contributed by atoms with Gasteiger partial charge in [-0.2, -0.15) is 0 Å². The Morgan fingerprint density at radius 2 is 1.73 bits per heavy atom. The smallest absolute Gasteiger partial charge is 0.176 e. The molecule has 1 aromatic carbocycles.